The first kappa shape index (κ1) is 22.0. The third-order valence-electron chi connectivity index (χ3n) is 5.89. The van der Waals surface area contributed by atoms with Crippen molar-refractivity contribution >= 4 is 22.8 Å². The van der Waals surface area contributed by atoms with E-state index in [-0.39, 0.29) is 5.95 Å². The van der Waals surface area contributed by atoms with Crippen molar-refractivity contribution in [3.05, 3.63) is 30.5 Å². The van der Waals surface area contributed by atoms with Gasteiger partial charge >= 0.3 is 0 Å². The molecule has 170 valence electrons. The van der Waals surface area contributed by atoms with E-state index in [2.05, 4.69) is 38.9 Å². The van der Waals surface area contributed by atoms with Gasteiger partial charge in [-0.05, 0) is 31.2 Å². The van der Waals surface area contributed by atoms with Crippen LogP contribution in [0.15, 0.2) is 24.7 Å². The molecule has 8 nitrogen and oxygen atoms in total. The van der Waals surface area contributed by atoms with Crippen LogP contribution in [0, 0.1) is 12.3 Å². The van der Waals surface area contributed by atoms with E-state index < -0.39 is 13.0 Å². The maximum atomic E-state index is 12.8. The fourth-order valence-electron chi connectivity index (χ4n) is 4.13. The van der Waals surface area contributed by atoms with E-state index in [1.807, 2.05) is 0 Å². The van der Waals surface area contributed by atoms with Crippen molar-refractivity contribution in [1.29, 1.82) is 0 Å². The molecule has 0 atom stereocenters. The highest BCUT2D eigenvalue weighted by molar-refractivity contribution is 5.80. The molecule has 0 aromatic carbocycles. The number of alkyl halides is 2. The van der Waals surface area contributed by atoms with Crippen LogP contribution in [0.1, 0.15) is 51.8 Å². The van der Waals surface area contributed by atoms with Crippen LogP contribution in [0.5, 0.6) is 0 Å². The van der Waals surface area contributed by atoms with Gasteiger partial charge in [0.1, 0.15) is 5.82 Å². The highest BCUT2D eigenvalue weighted by Crippen LogP contribution is 2.34. The number of anilines is 1. The van der Waals surface area contributed by atoms with Crippen molar-refractivity contribution in [2.45, 2.75) is 65.8 Å². The summed E-state index contributed by atoms with van der Waals surface area (Å²) in [7, 11) is 0. The predicted molar refractivity (Wildman–Crippen MR) is 119 cm³/mol. The van der Waals surface area contributed by atoms with Crippen molar-refractivity contribution in [1.82, 2.24) is 34.1 Å². The molecule has 0 unspecified atom stereocenters. The van der Waals surface area contributed by atoms with E-state index >= 15 is 0 Å². The number of imidazole rings is 1. The molecule has 0 bridgehead atoms. The second-order valence-electron chi connectivity index (χ2n) is 8.96. The van der Waals surface area contributed by atoms with Crippen LogP contribution in [0.3, 0.4) is 0 Å². The van der Waals surface area contributed by atoms with Crippen LogP contribution < -0.4 is 5.73 Å². The third kappa shape index (κ3) is 4.68. The zero-order valence-electron chi connectivity index (χ0n) is 18.6. The molecule has 5 rings (SSSR count). The summed E-state index contributed by atoms with van der Waals surface area (Å²) in [6.07, 6.45) is 9.65. The molecule has 0 aliphatic heterocycles. The number of halogens is 2. The summed E-state index contributed by atoms with van der Waals surface area (Å²) >= 11 is 0. The zero-order chi connectivity index (χ0) is 22.9. The Morgan fingerprint density at radius 3 is 2.50 bits per heavy atom. The van der Waals surface area contributed by atoms with Gasteiger partial charge in [0.25, 0.3) is 6.43 Å². The van der Waals surface area contributed by atoms with Crippen molar-refractivity contribution in [3.8, 4) is 11.3 Å². The van der Waals surface area contributed by atoms with Crippen LogP contribution >= 0.6 is 0 Å². The molecule has 32 heavy (non-hydrogen) atoms. The highest BCUT2D eigenvalue weighted by Gasteiger charge is 2.20. The Bertz CT molecular complexity index is 1220. The summed E-state index contributed by atoms with van der Waals surface area (Å²) in [5, 5.41) is 4.06. The lowest BCUT2D eigenvalue weighted by Gasteiger charge is -2.28. The van der Waals surface area contributed by atoms with Gasteiger partial charge < -0.3 is 10.3 Å². The molecule has 1 aliphatic rings. The van der Waals surface area contributed by atoms with E-state index in [0.717, 1.165) is 5.56 Å². The summed E-state index contributed by atoms with van der Waals surface area (Å²) in [5.41, 5.74) is 8.83. The average Bonchev–Trinajstić information content (AvgIpc) is 3.28. The van der Waals surface area contributed by atoms with E-state index in [1.54, 1.807) is 36.1 Å². The van der Waals surface area contributed by atoms with Crippen LogP contribution in [0.25, 0.3) is 28.1 Å². The monoisotopic (exact) mass is 442 g/mol. The van der Waals surface area contributed by atoms with Gasteiger partial charge in [0.2, 0.25) is 5.95 Å². The van der Waals surface area contributed by atoms with E-state index in [4.69, 9.17) is 5.73 Å². The topological polar surface area (TPSA) is 99.8 Å². The number of nitrogens with zero attached hydrogens (tertiary/aromatic N) is 7. The average molecular weight is 443 g/mol. The minimum absolute atomic E-state index is 0.150. The predicted octanol–water partition coefficient (Wildman–Crippen LogP) is 4.67. The Kier molecular flexibility index (Phi) is 6.03. The van der Waals surface area contributed by atoms with E-state index in [0.29, 0.717) is 33.7 Å². The SMILES string of the molecule is CC1(C)CCCCC1.Cc1nc2ncc(-c3ccn4nc(N)ncc34)nc2n1CC(F)F. The number of hydrogen-bond donors (Lipinski definition) is 1. The van der Waals surface area contributed by atoms with Crippen molar-refractivity contribution < 1.29 is 8.78 Å². The number of nitrogen functional groups attached to an aromatic ring is 1. The Balaban J connectivity index is 0.000000260. The standard InChI is InChI=1S/C14H12F2N8.C8H16/c1-7-20-12-13(23(7)6-11(15)16)21-9(4-18-12)8-2-3-24-10(8)5-19-14(17)22-24;1-8(2)6-4-3-5-7-8/h2-5,11H,6H2,1H3,(H2,17,22);3-7H2,1-2H3. The minimum Gasteiger partial charge on any atom is -0.367 e. The molecule has 0 saturated heterocycles. The van der Waals surface area contributed by atoms with Crippen molar-refractivity contribution in [3.63, 3.8) is 0 Å². The largest absolute Gasteiger partial charge is 0.367 e. The fraction of sp³-hybridized carbons (Fsp3) is 0.500. The van der Waals surface area contributed by atoms with Crippen molar-refractivity contribution in [2.24, 2.45) is 5.41 Å². The van der Waals surface area contributed by atoms with Gasteiger partial charge in [-0.25, -0.2) is 33.2 Å². The molecule has 4 heterocycles. The lowest BCUT2D eigenvalue weighted by atomic mass is 9.78. The Morgan fingerprint density at radius 2 is 1.84 bits per heavy atom. The Hall–Kier alpha value is -3.17. The van der Waals surface area contributed by atoms with E-state index in [1.165, 1.54) is 36.7 Å². The molecule has 10 heteroatoms. The zero-order valence-corrected chi connectivity index (χ0v) is 18.6. The molecule has 1 saturated carbocycles. The van der Waals surface area contributed by atoms with Crippen LogP contribution in [-0.2, 0) is 6.54 Å². The van der Waals surface area contributed by atoms with Gasteiger partial charge in [-0.2, -0.15) is 0 Å². The van der Waals surface area contributed by atoms with Crippen LogP contribution in [-0.4, -0.2) is 40.5 Å². The first-order valence-corrected chi connectivity index (χ1v) is 10.8. The second-order valence-corrected chi connectivity index (χ2v) is 8.96. The minimum atomic E-state index is -2.50. The molecule has 2 N–H and O–H groups in total. The number of aromatic nitrogens is 7. The second kappa shape index (κ2) is 8.76. The van der Waals surface area contributed by atoms with Gasteiger partial charge in [-0.3, -0.25) is 0 Å². The Labute approximate surface area is 184 Å². The maximum absolute atomic E-state index is 12.8. The summed E-state index contributed by atoms with van der Waals surface area (Å²) in [5.74, 6) is 0.595. The third-order valence-corrected chi connectivity index (χ3v) is 5.89. The molecular formula is C22H28F2N8. The first-order chi connectivity index (χ1) is 15.2. The van der Waals surface area contributed by atoms with Gasteiger partial charge in [-0.15, -0.1) is 5.10 Å². The van der Waals surface area contributed by atoms with Crippen LogP contribution in [0.2, 0.25) is 0 Å². The molecule has 0 spiro atoms. The summed E-state index contributed by atoms with van der Waals surface area (Å²) in [6, 6.07) is 1.79. The van der Waals surface area contributed by atoms with Gasteiger partial charge in [0.05, 0.1) is 30.1 Å². The number of rotatable bonds is 3. The lowest BCUT2D eigenvalue weighted by Crippen LogP contribution is -2.14. The highest BCUT2D eigenvalue weighted by atomic mass is 19.3. The molecule has 4 aromatic rings. The lowest BCUT2D eigenvalue weighted by molar-refractivity contribution is 0.127. The Morgan fingerprint density at radius 1 is 1.09 bits per heavy atom. The maximum Gasteiger partial charge on any atom is 0.256 e. The number of fused-ring (bicyclic) bond motifs is 2. The van der Waals surface area contributed by atoms with Gasteiger partial charge in [0.15, 0.2) is 11.3 Å². The summed E-state index contributed by atoms with van der Waals surface area (Å²) in [6.45, 7) is 5.94. The first-order valence-electron chi connectivity index (χ1n) is 10.8. The molecule has 1 fully saturated rings. The van der Waals surface area contributed by atoms with E-state index in [9.17, 15) is 8.78 Å². The summed E-state index contributed by atoms with van der Waals surface area (Å²) < 4.78 is 28.5. The normalized spacial score (nSPS) is 15.8. The molecule has 0 radical (unpaired) electrons. The van der Waals surface area contributed by atoms with Crippen LogP contribution in [0.4, 0.5) is 14.7 Å². The van der Waals surface area contributed by atoms with Gasteiger partial charge in [0, 0.05) is 11.8 Å². The fourth-order valence-corrected chi connectivity index (χ4v) is 4.13. The van der Waals surface area contributed by atoms with Gasteiger partial charge in [-0.1, -0.05) is 33.1 Å². The number of aryl methyl sites for hydroxylation is 1. The number of hydrogen-bond acceptors (Lipinski definition) is 6. The summed E-state index contributed by atoms with van der Waals surface area (Å²) in [4.78, 5) is 16.8. The number of nitrogens with two attached hydrogens (primary N) is 1. The van der Waals surface area contributed by atoms with Crippen molar-refractivity contribution in [2.75, 3.05) is 5.73 Å². The molecular weight excluding hydrogens is 414 g/mol. The molecule has 1 aliphatic carbocycles. The molecule has 4 aromatic heterocycles. The molecule has 0 amide bonds. The smallest absolute Gasteiger partial charge is 0.256 e. The quantitative estimate of drug-likeness (QED) is 0.495.